The van der Waals surface area contributed by atoms with Crippen LogP contribution in [-0.2, 0) is 0 Å². The summed E-state index contributed by atoms with van der Waals surface area (Å²) in [6.45, 7) is 16.7. The van der Waals surface area contributed by atoms with Crippen molar-refractivity contribution in [3.8, 4) is 0 Å². The van der Waals surface area contributed by atoms with Gasteiger partial charge in [0.25, 0.3) is 0 Å². The van der Waals surface area contributed by atoms with Crippen LogP contribution in [0.2, 0.25) is 0 Å². The molecule has 1 saturated carbocycles. The molecular weight excluding hydrogens is 256 g/mol. The molecule has 0 aromatic rings. The van der Waals surface area contributed by atoms with Gasteiger partial charge in [-0.2, -0.15) is 0 Å². The van der Waals surface area contributed by atoms with E-state index in [0.717, 1.165) is 17.9 Å². The number of rotatable bonds is 8. The summed E-state index contributed by atoms with van der Waals surface area (Å²) >= 11 is 0. The van der Waals surface area contributed by atoms with E-state index in [9.17, 15) is 0 Å². The highest BCUT2D eigenvalue weighted by Gasteiger charge is 2.35. The van der Waals surface area contributed by atoms with E-state index in [2.05, 4.69) is 58.8 Å². The van der Waals surface area contributed by atoms with Gasteiger partial charge in [-0.3, -0.25) is 0 Å². The maximum absolute atomic E-state index is 3.82. The van der Waals surface area contributed by atoms with Gasteiger partial charge in [0.2, 0.25) is 0 Å². The summed E-state index contributed by atoms with van der Waals surface area (Å²) in [6.07, 6.45) is 6.64. The van der Waals surface area contributed by atoms with Gasteiger partial charge in [0.1, 0.15) is 0 Å². The number of nitrogens with one attached hydrogen (secondary N) is 1. The van der Waals surface area contributed by atoms with Crippen LogP contribution in [0.5, 0.6) is 0 Å². The van der Waals surface area contributed by atoms with Gasteiger partial charge in [0, 0.05) is 18.6 Å². The van der Waals surface area contributed by atoms with Crippen molar-refractivity contribution in [3.63, 3.8) is 0 Å². The molecule has 2 heteroatoms. The number of hydrogen-bond acceptors (Lipinski definition) is 2. The van der Waals surface area contributed by atoms with E-state index >= 15 is 0 Å². The van der Waals surface area contributed by atoms with Crippen molar-refractivity contribution in [2.45, 2.75) is 85.7 Å². The predicted molar refractivity (Wildman–Crippen MR) is 94.8 cm³/mol. The van der Waals surface area contributed by atoms with E-state index in [1.807, 2.05) is 0 Å². The Labute approximate surface area is 134 Å². The molecule has 0 radical (unpaired) electrons. The summed E-state index contributed by atoms with van der Waals surface area (Å²) < 4.78 is 0. The van der Waals surface area contributed by atoms with Crippen molar-refractivity contribution < 1.29 is 0 Å². The minimum atomic E-state index is 0.525. The van der Waals surface area contributed by atoms with E-state index in [1.54, 1.807) is 0 Å². The average molecular weight is 297 g/mol. The quantitative estimate of drug-likeness (QED) is 0.707. The highest BCUT2D eigenvalue weighted by atomic mass is 15.1. The molecule has 1 fully saturated rings. The largest absolute Gasteiger partial charge is 0.314 e. The lowest BCUT2D eigenvalue weighted by Gasteiger charge is -2.43. The van der Waals surface area contributed by atoms with E-state index in [0.29, 0.717) is 11.5 Å². The molecule has 0 aromatic heterocycles. The van der Waals surface area contributed by atoms with Gasteiger partial charge < -0.3 is 10.2 Å². The van der Waals surface area contributed by atoms with Crippen LogP contribution in [0, 0.1) is 17.3 Å². The minimum Gasteiger partial charge on any atom is -0.314 e. The van der Waals surface area contributed by atoms with Crippen LogP contribution in [0.15, 0.2) is 0 Å². The van der Waals surface area contributed by atoms with Crippen LogP contribution in [0.25, 0.3) is 0 Å². The fourth-order valence-corrected chi connectivity index (χ4v) is 3.94. The predicted octanol–water partition coefficient (Wildman–Crippen LogP) is 4.55. The van der Waals surface area contributed by atoms with Gasteiger partial charge in [-0.15, -0.1) is 0 Å². The molecule has 1 N–H and O–H groups in total. The summed E-state index contributed by atoms with van der Waals surface area (Å²) in [5.74, 6) is 1.60. The summed E-state index contributed by atoms with van der Waals surface area (Å²) in [4.78, 5) is 2.60. The van der Waals surface area contributed by atoms with Gasteiger partial charge >= 0.3 is 0 Å². The molecule has 2 nitrogen and oxygen atoms in total. The van der Waals surface area contributed by atoms with E-state index in [1.165, 1.54) is 45.2 Å². The fourth-order valence-electron chi connectivity index (χ4n) is 3.94. The van der Waals surface area contributed by atoms with Crippen molar-refractivity contribution in [2.24, 2.45) is 17.3 Å². The molecule has 3 atom stereocenters. The van der Waals surface area contributed by atoms with E-state index < -0.39 is 0 Å². The van der Waals surface area contributed by atoms with E-state index in [4.69, 9.17) is 0 Å². The first kappa shape index (κ1) is 19.0. The summed E-state index contributed by atoms with van der Waals surface area (Å²) in [6, 6.07) is 1.42. The first-order valence-corrected chi connectivity index (χ1v) is 9.18. The molecule has 0 amide bonds. The monoisotopic (exact) mass is 296 g/mol. The molecule has 0 bridgehead atoms. The standard InChI is InChI=1S/C19H40N2/c1-8-11-20-18-9-10-19(5,6)13-17(18)14-21(7)16(4)12-15(2)3/h15-18,20H,8-14H2,1-7H3. The Bertz CT molecular complexity index is 285. The Morgan fingerprint density at radius 2 is 1.90 bits per heavy atom. The molecule has 1 aliphatic carbocycles. The third-order valence-corrected chi connectivity index (χ3v) is 5.26. The molecule has 21 heavy (non-hydrogen) atoms. The van der Waals surface area contributed by atoms with Crippen molar-refractivity contribution in [2.75, 3.05) is 20.1 Å². The lowest BCUT2D eigenvalue weighted by molar-refractivity contribution is 0.0926. The highest BCUT2D eigenvalue weighted by Crippen LogP contribution is 2.39. The molecule has 126 valence electrons. The maximum Gasteiger partial charge on any atom is 0.0108 e. The van der Waals surface area contributed by atoms with Crippen LogP contribution in [0.4, 0.5) is 0 Å². The highest BCUT2D eigenvalue weighted by molar-refractivity contribution is 4.90. The second-order valence-corrected chi connectivity index (χ2v) is 8.65. The van der Waals surface area contributed by atoms with Crippen molar-refractivity contribution in [1.29, 1.82) is 0 Å². The zero-order valence-corrected chi connectivity index (χ0v) is 15.7. The number of nitrogens with zero attached hydrogens (tertiary/aromatic N) is 1. The summed E-state index contributed by atoms with van der Waals surface area (Å²) in [5.41, 5.74) is 0.525. The first-order valence-electron chi connectivity index (χ1n) is 9.18. The molecule has 0 saturated heterocycles. The van der Waals surface area contributed by atoms with Crippen LogP contribution in [0.3, 0.4) is 0 Å². The third kappa shape index (κ3) is 6.69. The third-order valence-electron chi connectivity index (χ3n) is 5.26. The van der Waals surface area contributed by atoms with Crippen molar-refractivity contribution in [3.05, 3.63) is 0 Å². The normalized spacial score (nSPS) is 27.3. The van der Waals surface area contributed by atoms with Gasteiger partial charge in [0.05, 0.1) is 0 Å². The van der Waals surface area contributed by atoms with E-state index in [-0.39, 0.29) is 0 Å². The summed E-state index contributed by atoms with van der Waals surface area (Å²) in [5, 5.41) is 3.82. The Kier molecular flexibility index (Phi) is 7.70. The molecule has 0 aliphatic heterocycles. The van der Waals surface area contributed by atoms with Crippen LogP contribution in [0.1, 0.15) is 73.6 Å². The molecule has 3 unspecified atom stereocenters. The van der Waals surface area contributed by atoms with Gasteiger partial charge in [-0.05, 0) is 69.9 Å². The fraction of sp³-hybridized carbons (Fsp3) is 1.00. The first-order chi connectivity index (χ1) is 9.75. The van der Waals surface area contributed by atoms with Crippen LogP contribution >= 0.6 is 0 Å². The molecular formula is C19H40N2. The molecule has 0 aromatic carbocycles. The van der Waals surface area contributed by atoms with Gasteiger partial charge in [-0.25, -0.2) is 0 Å². The average Bonchev–Trinajstić information content (AvgIpc) is 2.36. The van der Waals surface area contributed by atoms with Gasteiger partial charge in [-0.1, -0.05) is 34.6 Å². The smallest absolute Gasteiger partial charge is 0.0108 e. The lowest BCUT2D eigenvalue weighted by Crippen LogP contribution is -2.48. The van der Waals surface area contributed by atoms with Gasteiger partial charge in [0.15, 0.2) is 0 Å². The molecule has 1 aliphatic rings. The van der Waals surface area contributed by atoms with Crippen LogP contribution in [-0.4, -0.2) is 37.1 Å². The molecule has 1 rings (SSSR count). The SMILES string of the molecule is CCCNC1CCC(C)(C)CC1CN(C)C(C)CC(C)C. The summed E-state index contributed by atoms with van der Waals surface area (Å²) in [7, 11) is 2.32. The Morgan fingerprint density at radius 3 is 2.48 bits per heavy atom. The topological polar surface area (TPSA) is 15.3 Å². The second kappa shape index (κ2) is 8.53. The zero-order chi connectivity index (χ0) is 16.0. The Morgan fingerprint density at radius 1 is 1.24 bits per heavy atom. The minimum absolute atomic E-state index is 0.525. The number of hydrogen-bond donors (Lipinski definition) is 1. The van der Waals surface area contributed by atoms with Crippen molar-refractivity contribution >= 4 is 0 Å². The van der Waals surface area contributed by atoms with Crippen molar-refractivity contribution in [1.82, 2.24) is 10.2 Å². The zero-order valence-electron chi connectivity index (χ0n) is 15.7. The Balaban J connectivity index is 2.60. The molecule has 0 heterocycles. The lowest BCUT2D eigenvalue weighted by atomic mass is 9.69. The Hall–Kier alpha value is -0.0800. The van der Waals surface area contributed by atoms with Crippen LogP contribution < -0.4 is 5.32 Å². The maximum atomic E-state index is 3.82. The molecule has 0 spiro atoms. The second-order valence-electron chi connectivity index (χ2n) is 8.65.